The fourth-order valence-corrected chi connectivity index (χ4v) is 2.48. The highest BCUT2D eigenvalue weighted by atomic mass is 19.2. The summed E-state index contributed by atoms with van der Waals surface area (Å²) in [6, 6.07) is 0. The maximum atomic E-state index is 14.3. The highest BCUT2D eigenvalue weighted by Crippen LogP contribution is 2.22. The van der Waals surface area contributed by atoms with E-state index in [1.165, 1.54) is 6.92 Å². The van der Waals surface area contributed by atoms with Gasteiger partial charge < -0.3 is 34.3 Å². The van der Waals surface area contributed by atoms with Gasteiger partial charge in [-0.2, -0.15) is 0 Å². The van der Waals surface area contributed by atoms with Crippen LogP contribution < -0.4 is 0 Å². The van der Waals surface area contributed by atoms with Crippen molar-refractivity contribution in [3.05, 3.63) is 0 Å². The first-order chi connectivity index (χ1) is 13.2. The van der Waals surface area contributed by atoms with Gasteiger partial charge in [0.05, 0.1) is 25.4 Å². The molecule has 3 N–H and O–H groups in total. The molecule has 8 heteroatoms. The van der Waals surface area contributed by atoms with E-state index < -0.39 is 12.0 Å². The minimum Gasteiger partial charge on any atom is -0.396 e. The molecule has 0 saturated carbocycles. The molecular formula is C20H41FO7. The molecule has 2 unspecified atom stereocenters. The van der Waals surface area contributed by atoms with Crippen LogP contribution in [0.15, 0.2) is 0 Å². The SMILES string of the molecule is CC(C)(CCCO)OCCCC(C)(F)OCCCOCC(O)COCCCO. The van der Waals surface area contributed by atoms with E-state index in [1.807, 2.05) is 13.8 Å². The maximum absolute atomic E-state index is 14.3. The summed E-state index contributed by atoms with van der Waals surface area (Å²) in [6.45, 7) is 7.32. The number of hydrogen-bond acceptors (Lipinski definition) is 7. The normalized spacial score (nSPS) is 15.5. The zero-order valence-electron chi connectivity index (χ0n) is 17.8. The standard InChI is InChI=1S/C20H41FO7/c1-19(2,8-4-10-22)27-14-5-9-20(3,21)28-15-7-13-26-17-18(24)16-25-12-6-11-23/h18,22-24H,4-17H2,1-3H3. The number of ether oxygens (including phenoxy) is 4. The van der Waals surface area contributed by atoms with E-state index in [9.17, 15) is 9.50 Å². The Hall–Kier alpha value is -0.350. The Kier molecular flexibility index (Phi) is 16.2. The van der Waals surface area contributed by atoms with Gasteiger partial charge >= 0.3 is 0 Å². The van der Waals surface area contributed by atoms with Crippen LogP contribution in [0.3, 0.4) is 0 Å². The van der Waals surface area contributed by atoms with Crippen molar-refractivity contribution in [2.24, 2.45) is 0 Å². The molecule has 0 rings (SSSR count). The van der Waals surface area contributed by atoms with Gasteiger partial charge in [0.25, 0.3) is 0 Å². The molecule has 170 valence electrons. The predicted octanol–water partition coefficient (Wildman–Crippen LogP) is 2.20. The van der Waals surface area contributed by atoms with E-state index in [-0.39, 0.29) is 45.1 Å². The molecule has 0 amide bonds. The second-order valence-corrected chi connectivity index (χ2v) is 7.72. The smallest absolute Gasteiger partial charge is 0.206 e. The zero-order chi connectivity index (χ0) is 21.3. The van der Waals surface area contributed by atoms with Crippen LogP contribution in [0.25, 0.3) is 0 Å². The number of rotatable bonds is 20. The summed E-state index contributed by atoms with van der Waals surface area (Å²) >= 11 is 0. The zero-order valence-corrected chi connectivity index (χ0v) is 17.8. The minimum atomic E-state index is -1.71. The summed E-state index contributed by atoms with van der Waals surface area (Å²) in [5.41, 5.74) is -0.317. The minimum absolute atomic E-state index is 0.0652. The second-order valence-electron chi connectivity index (χ2n) is 7.72. The molecule has 0 radical (unpaired) electrons. The molecule has 0 aliphatic rings. The highest BCUT2D eigenvalue weighted by Gasteiger charge is 2.24. The van der Waals surface area contributed by atoms with Crippen LogP contribution >= 0.6 is 0 Å². The molecule has 0 bridgehead atoms. The quantitative estimate of drug-likeness (QED) is 0.264. The molecule has 7 nitrogen and oxygen atoms in total. The van der Waals surface area contributed by atoms with Gasteiger partial charge in [-0.3, -0.25) is 0 Å². The van der Waals surface area contributed by atoms with Crippen molar-refractivity contribution in [2.45, 2.75) is 76.9 Å². The number of aliphatic hydroxyl groups excluding tert-OH is 3. The van der Waals surface area contributed by atoms with Crippen molar-refractivity contribution < 1.29 is 38.7 Å². The monoisotopic (exact) mass is 412 g/mol. The van der Waals surface area contributed by atoms with Crippen LogP contribution in [0.5, 0.6) is 0 Å². The molecule has 0 aromatic rings. The molecule has 0 aromatic carbocycles. The van der Waals surface area contributed by atoms with Crippen LogP contribution in [0.2, 0.25) is 0 Å². The molecule has 0 aliphatic carbocycles. The van der Waals surface area contributed by atoms with Crippen molar-refractivity contribution >= 4 is 0 Å². The largest absolute Gasteiger partial charge is 0.396 e. The number of hydrogen-bond donors (Lipinski definition) is 3. The Morgan fingerprint density at radius 2 is 1.32 bits per heavy atom. The topological polar surface area (TPSA) is 97.6 Å². The van der Waals surface area contributed by atoms with Crippen molar-refractivity contribution in [1.82, 2.24) is 0 Å². The first kappa shape index (κ1) is 27.6. The maximum Gasteiger partial charge on any atom is 0.206 e. The summed E-state index contributed by atoms with van der Waals surface area (Å²) in [4.78, 5) is 0. The first-order valence-electron chi connectivity index (χ1n) is 10.2. The molecule has 0 aromatic heterocycles. The van der Waals surface area contributed by atoms with Crippen molar-refractivity contribution in [2.75, 3.05) is 52.9 Å². The van der Waals surface area contributed by atoms with Gasteiger partial charge in [-0.25, -0.2) is 4.39 Å². The molecular weight excluding hydrogens is 371 g/mol. The third-order valence-corrected chi connectivity index (χ3v) is 4.10. The lowest BCUT2D eigenvalue weighted by atomic mass is 10.0. The Labute approximate surface area is 169 Å². The van der Waals surface area contributed by atoms with Crippen LogP contribution in [0.4, 0.5) is 4.39 Å². The summed E-state index contributed by atoms with van der Waals surface area (Å²) in [7, 11) is 0. The molecule has 0 saturated heterocycles. The van der Waals surface area contributed by atoms with E-state index in [4.69, 9.17) is 29.2 Å². The lowest BCUT2D eigenvalue weighted by Crippen LogP contribution is -2.28. The van der Waals surface area contributed by atoms with E-state index in [0.717, 1.165) is 6.42 Å². The lowest BCUT2D eigenvalue weighted by molar-refractivity contribution is -0.144. The molecule has 2 atom stereocenters. The van der Waals surface area contributed by atoms with Crippen molar-refractivity contribution in [1.29, 1.82) is 0 Å². The van der Waals surface area contributed by atoms with Crippen molar-refractivity contribution in [3.8, 4) is 0 Å². The Morgan fingerprint density at radius 3 is 1.93 bits per heavy atom. The first-order valence-corrected chi connectivity index (χ1v) is 10.2. The van der Waals surface area contributed by atoms with Gasteiger partial charge in [0.1, 0.15) is 6.10 Å². The summed E-state index contributed by atoms with van der Waals surface area (Å²) < 4.78 is 35.8. The van der Waals surface area contributed by atoms with E-state index in [0.29, 0.717) is 45.5 Å². The summed E-state index contributed by atoms with van der Waals surface area (Å²) in [5.74, 6) is -1.71. The van der Waals surface area contributed by atoms with Gasteiger partial charge in [-0.05, 0) is 52.9 Å². The second kappa shape index (κ2) is 16.4. The fraction of sp³-hybridized carbons (Fsp3) is 1.00. The average molecular weight is 413 g/mol. The average Bonchev–Trinajstić information content (AvgIpc) is 2.63. The third-order valence-electron chi connectivity index (χ3n) is 4.10. The van der Waals surface area contributed by atoms with Gasteiger partial charge in [-0.15, -0.1) is 0 Å². The third kappa shape index (κ3) is 17.7. The van der Waals surface area contributed by atoms with E-state index in [1.54, 1.807) is 0 Å². The Bertz CT molecular complexity index is 353. The van der Waals surface area contributed by atoms with Crippen LogP contribution in [0.1, 0.15) is 59.3 Å². The molecule has 0 spiro atoms. The van der Waals surface area contributed by atoms with E-state index >= 15 is 0 Å². The van der Waals surface area contributed by atoms with Gasteiger partial charge in [-0.1, -0.05) is 0 Å². The van der Waals surface area contributed by atoms with Crippen LogP contribution in [0, 0.1) is 0 Å². The molecule has 28 heavy (non-hydrogen) atoms. The summed E-state index contributed by atoms with van der Waals surface area (Å²) in [5, 5.41) is 27.1. The molecule has 0 aliphatic heterocycles. The molecule has 0 heterocycles. The molecule has 0 fully saturated rings. The summed E-state index contributed by atoms with van der Waals surface area (Å²) in [6.07, 6.45) is 2.60. The predicted molar refractivity (Wildman–Crippen MR) is 105 cm³/mol. The Morgan fingerprint density at radius 1 is 0.750 bits per heavy atom. The van der Waals surface area contributed by atoms with Gasteiger partial charge in [0.15, 0.2) is 0 Å². The number of alkyl halides is 1. The highest BCUT2D eigenvalue weighted by molar-refractivity contribution is 4.69. The van der Waals surface area contributed by atoms with Gasteiger partial charge in [0, 0.05) is 39.5 Å². The van der Waals surface area contributed by atoms with Crippen molar-refractivity contribution in [3.63, 3.8) is 0 Å². The van der Waals surface area contributed by atoms with Gasteiger partial charge in [0.2, 0.25) is 5.85 Å². The lowest BCUT2D eigenvalue weighted by Gasteiger charge is -2.26. The van der Waals surface area contributed by atoms with E-state index in [2.05, 4.69) is 0 Å². The Balaban J connectivity index is 3.64. The van der Waals surface area contributed by atoms with Crippen LogP contribution in [-0.4, -0.2) is 85.7 Å². The van der Waals surface area contributed by atoms with Crippen LogP contribution in [-0.2, 0) is 18.9 Å². The number of aliphatic hydroxyl groups is 3. The number of halogens is 1. The fourth-order valence-electron chi connectivity index (χ4n) is 2.48.